The highest BCUT2D eigenvalue weighted by Crippen LogP contribution is 2.14. The first-order chi connectivity index (χ1) is 12.1. The zero-order valence-corrected chi connectivity index (χ0v) is 15.1. The van der Waals surface area contributed by atoms with Crippen LogP contribution in [0.25, 0.3) is 0 Å². The van der Waals surface area contributed by atoms with Crippen molar-refractivity contribution in [3.05, 3.63) is 29.8 Å². The number of benzene rings is 1. The summed E-state index contributed by atoms with van der Waals surface area (Å²) in [5.41, 5.74) is 17.4. The Morgan fingerprint density at radius 1 is 1.08 bits per heavy atom. The molecule has 0 saturated carbocycles. The standard InChI is InChI=1S/C16H23N3O6S/c1-8(13(19)14(20)21)24-15(22)11(17)6-9-2-4-10(5-3-9)25-16(23)12(18)7-26/h2-5,8,11-13,26H,6-7,17-19H2,1H3,(H,20,21)/t8-,11+,12+,13+/m1/s1. The number of nitrogens with two attached hydrogens (primary N) is 3. The van der Waals surface area contributed by atoms with Crippen molar-refractivity contribution in [3.63, 3.8) is 0 Å². The van der Waals surface area contributed by atoms with Gasteiger partial charge >= 0.3 is 17.9 Å². The third-order valence-corrected chi connectivity index (χ3v) is 3.89. The number of carbonyl (C=O) groups is 3. The molecule has 144 valence electrons. The van der Waals surface area contributed by atoms with Gasteiger partial charge in [0, 0.05) is 5.75 Å². The van der Waals surface area contributed by atoms with Gasteiger partial charge in [-0.2, -0.15) is 12.6 Å². The van der Waals surface area contributed by atoms with Gasteiger partial charge < -0.3 is 31.8 Å². The maximum Gasteiger partial charge on any atom is 0.329 e. The van der Waals surface area contributed by atoms with Crippen LogP contribution in [0.15, 0.2) is 24.3 Å². The molecule has 0 amide bonds. The van der Waals surface area contributed by atoms with Gasteiger partial charge in [-0.25, -0.2) is 4.79 Å². The highest BCUT2D eigenvalue weighted by atomic mass is 32.1. The van der Waals surface area contributed by atoms with Crippen LogP contribution in [0.5, 0.6) is 5.75 Å². The van der Waals surface area contributed by atoms with E-state index in [0.717, 1.165) is 0 Å². The molecule has 0 saturated heterocycles. The van der Waals surface area contributed by atoms with Gasteiger partial charge in [0.05, 0.1) is 0 Å². The number of esters is 2. The second-order valence-corrected chi connectivity index (χ2v) is 6.04. The monoisotopic (exact) mass is 385 g/mol. The van der Waals surface area contributed by atoms with Crippen LogP contribution < -0.4 is 21.9 Å². The van der Waals surface area contributed by atoms with Crippen LogP contribution in [0.1, 0.15) is 12.5 Å². The number of carboxylic acids is 1. The topological polar surface area (TPSA) is 168 Å². The Hall–Kier alpha value is -2.14. The van der Waals surface area contributed by atoms with E-state index >= 15 is 0 Å². The van der Waals surface area contributed by atoms with Crippen molar-refractivity contribution in [2.24, 2.45) is 17.2 Å². The van der Waals surface area contributed by atoms with Gasteiger partial charge in [-0.05, 0) is 31.0 Å². The Morgan fingerprint density at radius 3 is 2.15 bits per heavy atom. The molecule has 1 rings (SSSR count). The van der Waals surface area contributed by atoms with E-state index in [-0.39, 0.29) is 12.2 Å². The average molecular weight is 385 g/mol. The summed E-state index contributed by atoms with van der Waals surface area (Å²) in [6.07, 6.45) is -0.859. The van der Waals surface area contributed by atoms with Gasteiger partial charge in [-0.15, -0.1) is 0 Å². The van der Waals surface area contributed by atoms with Crippen molar-refractivity contribution in [2.75, 3.05) is 5.75 Å². The van der Waals surface area contributed by atoms with Crippen molar-refractivity contribution in [3.8, 4) is 5.75 Å². The third kappa shape index (κ3) is 6.64. The van der Waals surface area contributed by atoms with Crippen LogP contribution in [0, 0.1) is 0 Å². The van der Waals surface area contributed by atoms with Gasteiger partial charge in [0.15, 0.2) is 0 Å². The third-order valence-electron chi connectivity index (χ3n) is 3.49. The Balaban J connectivity index is 2.59. The van der Waals surface area contributed by atoms with E-state index in [2.05, 4.69) is 12.6 Å². The van der Waals surface area contributed by atoms with Crippen LogP contribution in [-0.2, 0) is 25.5 Å². The van der Waals surface area contributed by atoms with Crippen LogP contribution in [0.2, 0.25) is 0 Å². The first kappa shape index (κ1) is 21.9. The fourth-order valence-corrected chi connectivity index (χ4v) is 1.99. The summed E-state index contributed by atoms with van der Waals surface area (Å²) in [5, 5.41) is 8.78. The van der Waals surface area contributed by atoms with Gasteiger partial charge in [0.25, 0.3) is 0 Å². The van der Waals surface area contributed by atoms with Crippen LogP contribution in [0.4, 0.5) is 0 Å². The summed E-state index contributed by atoms with van der Waals surface area (Å²) in [5.74, 6) is -2.17. The average Bonchev–Trinajstić information content (AvgIpc) is 2.61. The fraction of sp³-hybridized carbons (Fsp3) is 0.438. The Labute approximate surface area is 156 Å². The molecule has 9 nitrogen and oxygen atoms in total. The second-order valence-electron chi connectivity index (χ2n) is 5.67. The molecule has 0 heterocycles. The van der Waals surface area contributed by atoms with Crippen molar-refractivity contribution in [2.45, 2.75) is 37.6 Å². The summed E-state index contributed by atoms with van der Waals surface area (Å²) >= 11 is 3.92. The van der Waals surface area contributed by atoms with Crippen molar-refractivity contribution in [1.29, 1.82) is 0 Å². The van der Waals surface area contributed by atoms with E-state index in [9.17, 15) is 14.4 Å². The van der Waals surface area contributed by atoms with E-state index in [1.165, 1.54) is 6.92 Å². The van der Waals surface area contributed by atoms with Crippen LogP contribution in [0.3, 0.4) is 0 Å². The summed E-state index contributed by atoms with van der Waals surface area (Å²) in [7, 11) is 0. The van der Waals surface area contributed by atoms with E-state index in [0.29, 0.717) is 11.3 Å². The summed E-state index contributed by atoms with van der Waals surface area (Å²) in [4.78, 5) is 34.2. The van der Waals surface area contributed by atoms with Crippen LogP contribution >= 0.6 is 12.6 Å². The largest absolute Gasteiger partial charge is 0.480 e. The van der Waals surface area contributed by atoms with E-state index in [4.69, 9.17) is 31.8 Å². The number of carbonyl (C=O) groups excluding carboxylic acids is 2. The fourth-order valence-electron chi connectivity index (χ4n) is 1.84. The van der Waals surface area contributed by atoms with Crippen molar-refractivity contribution in [1.82, 2.24) is 0 Å². The second kappa shape index (κ2) is 10.1. The maximum atomic E-state index is 11.9. The van der Waals surface area contributed by atoms with Gasteiger partial charge in [-0.1, -0.05) is 12.1 Å². The minimum Gasteiger partial charge on any atom is -0.480 e. The zero-order valence-electron chi connectivity index (χ0n) is 14.2. The van der Waals surface area contributed by atoms with Gasteiger partial charge in [0.2, 0.25) is 0 Å². The van der Waals surface area contributed by atoms with E-state index in [1.807, 2.05) is 0 Å². The molecular formula is C16H23N3O6S. The number of thiol groups is 1. The first-order valence-corrected chi connectivity index (χ1v) is 8.40. The maximum absolute atomic E-state index is 11.9. The predicted octanol–water partition coefficient (Wildman–Crippen LogP) is -0.937. The van der Waals surface area contributed by atoms with E-state index < -0.39 is 42.1 Å². The molecule has 0 unspecified atom stereocenters. The molecule has 26 heavy (non-hydrogen) atoms. The van der Waals surface area contributed by atoms with E-state index in [1.54, 1.807) is 24.3 Å². The molecule has 10 heteroatoms. The number of ether oxygens (including phenoxy) is 2. The molecule has 1 aromatic rings. The Bertz CT molecular complexity index is 639. The molecule has 0 aliphatic rings. The highest BCUT2D eigenvalue weighted by molar-refractivity contribution is 7.80. The van der Waals surface area contributed by atoms with Crippen LogP contribution in [-0.4, -0.2) is 53.0 Å². The number of rotatable bonds is 9. The van der Waals surface area contributed by atoms with Crippen molar-refractivity contribution >= 4 is 30.5 Å². The minimum absolute atomic E-state index is 0.151. The lowest BCUT2D eigenvalue weighted by molar-refractivity contribution is -0.154. The molecule has 0 bridgehead atoms. The Morgan fingerprint density at radius 2 is 1.65 bits per heavy atom. The number of hydrogen-bond acceptors (Lipinski definition) is 9. The van der Waals surface area contributed by atoms with Crippen molar-refractivity contribution < 1.29 is 29.0 Å². The molecule has 0 aliphatic heterocycles. The lowest BCUT2D eigenvalue weighted by atomic mass is 10.1. The summed E-state index contributed by atoms with van der Waals surface area (Å²) in [6, 6.07) is 3.20. The normalized spacial score (nSPS) is 15.4. The molecule has 0 fully saturated rings. The lowest BCUT2D eigenvalue weighted by Gasteiger charge is -2.19. The predicted molar refractivity (Wildman–Crippen MR) is 96.8 cm³/mol. The molecule has 0 spiro atoms. The molecule has 1 aromatic carbocycles. The number of carboxylic acid groups (broad SMARTS) is 1. The Kier molecular flexibility index (Phi) is 8.52. The molecule has 0 radical (unpaired) electrons. The lowest BCUT2D eigenvalue weighted by Crippen LogP contribution is -2.45. The minimum atomic E-state index is -1.33. The number of aliphatic carboxylic acids is 1. The number of hydrogen-bond donors (Lipinski definition) is 5. The van der Waals surface area contributed by atoms with Gasteiger partial charge in [-0.3, -0.25) is 9.59 Å². The summed E-state index contributed by atoms with van der Waals surface area (Å²) in [6.45, 7) is 1.38. The quantitative estimate of drug-likeness (QED) is 0.205. The smallest absolute Gasteiger partial charge is 0.329 e. The SMILES string of the molecule is C[C@@H](OC(=O)[C@@H](N)Cc1ccc(OC(=O)[C@@H](N)CS)cc1)[C@H](N)C(=O)O. The molecule has 7 N–H and O–H groups in total. The highest BCUT2D eigenvalue weighted by Gasteiger charge is 2.26. The molecule has 0 aromatic heterocycles. The van der Waals surface area contributed by atoms with Gasteiger partial charge in [0.1, 0.15) is 30.0 Å². The summed E-state index contributed by atoms with van der Waals surface area (Å²) < 4.78 is 10.0. The molecule has 0 aliphatic carbocycles. The first-order valence-electron chi connectivity index (χ1n) is 7.77. The zero-order chi connectivity index (χ0) is 19.9. The molecular weight excluding hydrogens is 362 g/mol. The molecule has 4 atom stereocenters.